The minimum absolute atomic E-state index is 0.0956. The van der Waals surface area contributed by atoms with E-state index in [9.17, 15) is 17.6 Å². The number of rotatable bonds is 8. The molecule has 0 saturated heterocycles. The van der Waals surface area contributed by atoms with Gasteiger partial charge in [-0.2, -0.15) is 0 Å². The smallest absolute Gasteiger partial charge is 0.358 e. The van der Waals surface area contributed by atoms with Gasteiger partial charge in [0.25, 0.3) is 0 Å². The molecule has 0 spiro atoms. The number of fused-ring (bicyclic) bond motifs is 2. The van der Waals surface area contributed by atoms with Gasteiger partial charge in [-0.15, -0.1) is 10.2 Å². The van der Waals surface area contributed by atoms with Gasteiger partial charge in [-0.3, -0.25) is 4.98 Å². The van der Waals surface area contributed by atoms with E-state index in [0.717, 1.165) is 29.5 Å². The molecule has 2 aromatic heterocycles. The molecule has 2 heterocycles. The summed E-state index contributed by atoms with van der Waals surface area (Å²) in [6, 6.07) is 6.87. The first kappa shape index (κ1) is 24.5. The predicted octanol–water partition coefficient (Wildman–Crippen LogP) is 3.29. The topological polar surface area (TPSA) is 123 Å². The fourth-order valence-electron chi connectivity index (χ4n) is 4.55. The number of sulfonamides is 1. The number of nitrogens with zero attached hydrogens (tertiary/aromatic N) is 3. The van der Waals surface area contributed by atoms with E-state index in [1.165, 1.54) is 27.0 Å². The Balaban J connectivity index is 1.50. The van der Waals surface area contributed by atoms with E-state index in [1.54, 1.807) is 12.3 Å². The van der Waals surface area contributed by atoms with Crippen LogP contribution in [0.3, 0.4) is 0 Å². The van der Waals surface area contributed by atoms with Gasteiger partial charge in [0.15, 0.2) is 5.69 Å². The number of aromatic nitrogens is 3. The minimum Gasteiger partial charge on any atom is -0.464 e. The number of hydrogen-bond acceptors (Lipinski definition) is 8. The van der Waals surface area contributed by atoms with E-state index in [4.69, 9.17) is 0 Å². The maximum atomic E-state index is 14.2. The summed E-state index contributed by atoms with van der Waals surface area (Å²) >= 11 is 0. The van der Waals surface area contributed by atoms with Crippen molar-refractivity contribution in [1.82, 2.24) is 19.9 Å². The number of anilines is 1. The average Bonchev–Trinajstić information content (AvgIpc) is 3.61. The van der Waals surface area contributed by atoms with Gasteiger partial charge < -0.3 is 10.1 Å². The van der Waals surface area contributed by atoms with E-state index in [0.29, 0.717) is 35.5 Å². The van der Waals surface area contributed by atoms with Crippen LogP contribution in [0.4, 0.5) is 10.2 Å². The molecule has 190 valence electrons. The van der Waals surface area contributed by atoms with E-state index < -0.39 is 21.7 Å². The van der Waals surface area contributed by atoms with Crippen LogP contribution in [0.15, 0.2) is 35.4 Å². The van der Waals surface area contributed by atoms with Gasteiger partial charge in [0.2, 0.25) is 10.0 Å². The van der Waals surface area contributed by atoms with Crippen molar-refractivity contribution >= 4 is 32.6 Å². The summed E-state index contributed by atoms with van der Waals surface area (Å²) in [5, 5.41) is 12.6. The third kappa shape index (κ3) is 5.03. The molecule has 3 aromatic rings. The first-order chi connectivity index (χ1) is 17.0. The average molecular weight is 514 g/mol. The molecule has 1 atom stereocenters. The summed E-state index contributed by atoms with van der Waals surface area (Å²) in [6.45, 7) is 2.35. The highest BCUT2D eigenvalue weighted by Crippen LogP contribution is 2.42. The first-order valence-corrected chi connectivity index (χ1v) is 13.3. The molecule has 1 aromatic carbocycles. The monoisotopic (exact) mass is 513 g/mol. The molecule has 2 aliphatic rings. The summed E-state index contributed by atoms with van der Waals surface area (Å²) in [7, 11) is -2.73. The molecule has 1 saturated carbocycles. The molecule has 2 aliphatic carbocycles. The van der Waals surface area contributed by atoms with Crippen LogP contribution in [0.2, 0.25) is 0 Å². The number of esters is 1. The zero-order valence-corrected chi connectivity index (χ0v) is 21.2. The van der Waals surface area contributed by atoms with Crippen LogP contribution >= 0.6 is 0 Å². The Morgan fingerprint density at radius 2 is 1.97 bits per heavy atom. The van der Waals surface area contributed by atoms with Crippen molar-refractivity contribution in [2.24, 2.45) is 0 Å². The van der Waals surface area contributed by atoms with Crippen molar-refractivity contribution in [2.45, 2.75) is 62.1 Å². The molecule has 1 fully saturated rings. The Labute approximate surface area is 208 Å². The number of carbonyl (C=O) groups is 1. The Morgan fingerprint density at radius 1 is 1.19 bits per heavy atom. The van der Waals surface area contributed by atoms with E-state index in [1.807, 2.05) is 12.1 Å². The largest absolute Gasteiger partial charge is 0.464 e. The van der Waals surface area contributed by atoms with Crippen molar-refractivity contribution in [3.63, 3.8) is 0 Å². The fraction of sp³-hybridized carbons (Fsp3) is 0.440. The summed E-state index contributed by atoms with van der Waals surface area (Å²) in [6.07, 6.45) is 4.82. The molecule has 36 heavy (non-hydrogen) atoms. The van der Waals surface area contributed by atoms with Crippen LogP contribution in [0.1, 0.15) is 59.9 Å². The predicted molar refractivity (Wildman–Crippen MR) is 132 cm³/mol. The first-order valence-electron chi connectivity index (χ1n) is 11.9. The van der Waals surface area contributed by atoms with E-state index in [-0.39, 0.29) is 23.2 Å². The number of ether oxygens (including phenoxy) is 1. The van der Waals surface area contributed by atoms with Gasteiger partial charge in [-0.25, -0.2) is 22.3 Å². The highest BCUT2D eigenvalue weighted by Gasteiger charge is 2.33. The van der Waals surface area contributed by atoms with E-state index in [2.05, 4.69) is 30.0 Å². The molecule has 5 rings (SSSR count). The lowest BCUT2D eigenvalue weighted by molar-refractivity contribution is 0.0592. The molecule has 2 N–H and O–H groups in total. The van der Waals surface area contributed by atoms with Crippen LogP contribution in [-0.2, 0) is 27.6 Å². The zero-order chi connectivity index (χ0) is 25.7. The maximum absolute atomic E-state index is 14.2. The maximum Gasteiger partial charge on any atom is 0.358 e. The summed E-state index contributed by atoms with van der Waals surface area (Å²) in [4.78, 5) is 16.4. The second-order valence-corrected chi connectivity index (χ2v) is 11.7. The van der Waals surface area contributed by atoms with Gasteiger partial charge in [0, 0.05) is 41.2 Å². The molecular weight excluding hydrogens is 485 g/mol. The SMILES string of the molecule is COC(=O)c1ccc(N[C@@H]2Cc3cc4cnc(C5CC5)cc4c(S(=O)(=O)NCC(C)(C)F)c3C2)nn1. The normalized spacial score (nSPS) is 17.7. The lowest BCUT2D eigenvalue weighted by atomic mass is 10.0. The Morgan fingerprint density at radius 3 is 2.61 bits per heavy atom. The van der Waals surface area contributed by atoms with Crippen LogP contribution in [-0.4, -0.2) is 54.9 Å². The third-order valence-electron chi connectivity index (χ3n) is 6.47. The van der Waals surface area contributed by atoms with Gasteiger partial charge >= 0.3 is 5.97 Å². The molecule has 0 bridgehead atoms. The summed E-state index contributed by atoms with van der Waals surface area (Å²) < 4.78 is 48.5. The molecule has 9 nitrogen and oxygen atoms in total. The van der Waals surface area contributed by atoms with Gasteiger partial charge in [-0.05, 0) is 74.9 Å². The Kier molecular flexibility index (Phi) is 6.16. The van der Waals surface area contributed by atoms with Crippen LogP contribution < -0.4 is 10.0 Å². The molecule has 0 aliphatic heterocycles. The van der Waals surface area contributed by atoms with Gasteiger partial charge in [0.1, 0.15) is 11.5 Å². The standard InChI is InChI=1S/C25H28FN5O4S/c1-25(2,26)13-28-36(33,34)23-18-10-17(29-22-7-6-20(30-31-22)24(32)35-3)9-15(18)8-16-12-27-21(11-19(16)23)14-4-5-14/h6-8,11-12,14,17,28H,4-5,9-10,13H2,1-3H3,(H,29,31)/t17-/m1/s1. The van der Waals surface area contributed by atoms with Crippen molar-refractivity contribution in [1.29, 1.82) is 0 Å². The van der Waals surface area contributed by atoms with Gasteiger partial charge in [0.05, 0.1) is 12.0 Å². The molecule has 11 heteroatoms. The highest BCUT2D eigenvalue weighted by molar-refractivity contribution is 7.89. The number of halogens is 1. The lowest BCUT2D eigenvalue weighted by Crippen LogP contribution is -2.36. The van der Waals surface area contributed by atoms with Crippen LogP contribution in [0, 0.1) is 0 Å². The molecule has 0 radical (unpaired) electrons. The number of pyridine rings is 1. The van der Waals surface area contributed by atoms with Crippen molar-refractivity contribution < 1.29 is 22.3 Å². The lowest BCUT2D eigenvalue weighted by Gasteiger charge is -2.18. The zero-order valence-electron chi connectivity index (χ0n) is 20.3. The highest BCUT2D eigenvalue weighted by atomic mass is 32.2. The summed E-state index contributed by atoms with van der Waals surface area (Å²) in [5.41, 5.74) is 0.883. The summed E-state index contributed by atoms with van der Waals surface area (Å²) in [5.74, 6) is 0.244. The molecule has 0 unspecified atom stereocenters. The second-order valence-electron chi connectivity index (χ2n) is 10.0. The minimum atomic E-state index is -4.01. The van der Waals surface area contributed by atoms with Crippen LogP contribution in [0.25, 0.3) is 10.8 Å². The van der Waals surface area contributed by atoms with Crippen molar-refractivity contribution in [2.75, 3.05) is 19.0 Å². The Hall–Kier alpha value is -3.18. The molecular formula is C25H28FN5O4S. The number of alkyl halides is 1. The number of carbonyl (C=O) groups excluding carboxylic acids is 1. The number of hydrogen-bond donors (Lipinski definition) is 2. The number of nitrogens with one attached hydrogen (secondary N) is 2. The molecule has 0 amide bonds. The van der Waals surface area contributed by atoms with E-state index >= 15 is 0 Å². The number of methoxy groups -OCH3 is 1. The fourth-order valence-corrected chi connectivity index (χ4v) is 6.23. The Bertz CT molecular complexity index is 1430. The van der Waals surface area contributed by atoms with Crippen molar-refractivity contribution in [3.05, 3.63) is 53.0 Å². The van der Waals surface area contributed by atoms with Gasteiger partial charge in [-0.1, -0.05) is 0 Å². The quantitative estimate of drug-likeness (QED) is 0.440. The third-order valence-corrected chi connectivity index (χ3v) is 7.99. The number of benzene rings is 1. The second kappa shape index (κ2) is 9.04. The van der Waals surface area contributed by atoms with Crippen molar-refractivity contribution in [3.8, 4) is 0 Å². The van der Waals surface area contributed by atoms with Crippen LogP contribution in [0.5, 0.6) is 0 Å².